The summed E-state index contributed by atoms with van der Waals surface area (Å²) in [4.78, 5) is 10.3. The minimum Gasteiger partial charge on any atom is -0.481 e. The van der Waals surface area contributed by atoms with Crippen LogP contribution in [-0.4, -0.2) is 11.1 Å². The number of aliphatic carboxylic acids is 1. The van der Waals surface area contributed by atoms with Crippen molar-refractivity contribution in [3.63, 3.8) is 0 Å². The van der Waals surface area contributed by atoms with Gasteiger partial charge in [-0.2, -0.15) is 5.26 Å². The lowest BCUT2D eigenvalue weighted by Gasteiger charge is -2.00. The number of carbonyl (C=O) groups is 1. The first-order valence-corrected chi connectivity index (χ1v) is 4.04. The van der Waals surface area contributed by atoms with Gasteiger partial charge in [0.05, 0.1) is 11.6 Å². The lowest BCUT2D eigenvalue weighted by molar-refractivity contribution is -0.136. The Morgan fingerprint density at radius 2 is 2.29 bits per heavy atom. The number of halogens is 1. The van der Waals surface area contributed by atoms with Crippen molar-refractivity contribution in [3.05, 3.63) is 35.1 Å². The molecule has 0 aliphatic heterocycles. The van der Waals surface area contributed by atoms with Crippen LogP contribution in [0.4, 0.5) is 4.39 Å². The first kappa shape index (κ1) is 10.2. The number of carboxylic acid groups (broad SMARTS) is 1. The molecular formula is C10H8FNO2. The molecule has 0 saturated carbocycles. The van der Waals surface area contributed by atoms with Crippen LogP contribution in [-0.2, 0) is 11.2 Å². The van der Waals surface area contributed by atoms with E-state index in [1.807, 2.05) is 6.07 Å². The molecule has 14 heavy (non-hydrogen) atoms. The molecule has 0 heterocycles. The Kier molecular flexibility index (Phi) is 3.19. The number of aryl methyl sites for hydroxylation is 1. The smallest absolute Gasteiger partial charge is 0.303 e. The molecule has 1 aromatic carbocycles. The third-order valence-electron chi connectivity index (χ3n) is 1.78. The van der Waals surface area contributed by atoms with Crippen LogP contribution < -0.4 is 0 Å². The summed E-state index contributed by atoms with van der Waals surface area (Å²) in [5, 5.41) is 16.9. The van der Waals surface area contributed by atoms with Crippen molar-refractivity contribution in [1.82, 2.24) is 0 Å². The average molecular weight is 193 g/mol. The maximum absolute atomic E-state index is 13.1. The number of benzene rings is 1. The molecule has 0 aromatic heterocycles. The second kappa shape index (κ2) is 4.38. The molecule has 0 aliphatic rings. The van der Waals surface area contributed by atoms with Gasteiger partial charge < -0.3 is 5.11 Å². The molecule has 0 fully saturated rings. The molecule has 3 nitrogen and oxygen atoms in total. The standard InChI is InChI=1S/C10H8FNO2/c11-9-3-1-7(6-12)5-8(9)2-4-10(13)14/h1,3,5H,2,4H2,(H,13,14). The molecule has 1 aromatic rings. The first-order valence-electron chi connectivity index (χ1n) is 4.04. The summed E-state index contributed by atoms with van der Waals surface area (Å²) in [6.45, 7) is 0. The number of rotatable bonds is 3. The molecule has 72 valence electrons. The highest BCUT2D eigenvalue weighted by Gasteiger charge is 2.05. The van der Waals surface area contributed by atoms with Gasteiger partial charge in [0.2, 0.25) is 0 Å². The minimum atomic E-state index is -0.980. The predicted molar refractivity (Wildman–Crippen MR) is 47.1 cm³/mol. The second-order valence-electron chi connectivity index (χ2n) is 2.81. The van der Waals surface area contributed by atoms with Crippen LogP contribution in [0.1, 0.15) is 17.5 Å². The van der Waals surface area contributed by atoms with E-state index in [0.717, 1.165) is 0 Å². The van der Waals surface area contributed by atoms with Gasteiger partial charge in [-0.1, -0.05) is 0 Å². The van der Waals surface area contributed by atoms with Crippen LogP contribution in [0.15, 0.2) is 18.2 Å². The molecular weight excluding hydrogens is 185 g/mol. The van der Waals surface area contributed by atoms with E-state index in [4.69, 9.17) is 10.4 Å². The summed E-state index contributed by atoms with van der Waals surface area (Å²) in [7, 11) is 0. The molecule has 0 saturated heterocycles. The van der Waals surface area contributed by atoms with Crippen molar-refractivity contribution in [2.75, 3.05) is 0 Å². The maximum Gasteiger partial charge on any atom is 0.303 e. The molecule has 0 amide bonds. The lowest BCUT2D eigenvalue weighted by atomic mass is 10.1. The highest BCUT2D eigenvalue weighted by atomic mass is 19.1. The van der Waals surface area contributed by atoms with Gasteiger partial charge in [-0.25, -0.2) is 4.39 Å². The van der Waals surface area contributed by atoms with Crippen molar-refractivity contribution in [1.29, 1.82) is 5.26 Å². The van der Waals surface area contributed by atoms with Crippen LogP contribution in [0, 0.1) is 17.1 Å². The second-order valence-corrected chi connectivity index (χ2v) is 2.81. The Morgan fingerprint density at radius 1 is 1.57 bits per heavy atom. The summed E-state index contributed by atoms with van der Waals surface area (Å²) in [6, 6.07) is 5.78. The van der Waals surface area contributed by atoms with Crippen LogP contribution in [0.25, 0.3) is 0 Å². The summed E-state index contributed by atoms with van der Waals surface area (Å²) < 4.78 is 13.1. The van der Waals surface area contributed by atoms with E-state index in [2.05, 4.69) is 0 Å². The number of hydrogen-bond donors (Lipinski definition) is 1. The van der Waals surface area contributed by atoms with Crippen molar-refractivity contribution >= 4 is 5.97 Å². The highest BCUT2D eigenvalue weighted by Crippen LogP contribution is 2.12. The zero-order valence-corrected chi connectivity index (χ0v) is 7.33. The van der Waals surface area contributed by atoms with E-state index < -0.39 is 11.8 Å². The van der Waals surface area contributed by atoms with E-state index in [0.29, 0.717) is 5.56 Å². The molecule has 0 bridgehead atoms. The summed E-state index contributed by atoms with van der Waals surface area (Å²) in [6.07, 6.45) is -0.0253. The predicted octanol–water partition coefficient (Wildman–Crippen LogP) is 1.71. The molecule has 4 heteroatoms. The SMILES string of the molecule is N#Cc1ccc(F)c(CCC(=O)O)c1. The van der Waals surface area contributed by atoms with E-state index in [1.54, 1.807) is 0 Å². The first-order chi connectivity index (χ1) is 6.63. The van der Waals surface area contributed by atoms with Gasteiger partial charge in [-0.05, 0) is 30.2 Å². The zero-order chi connectivity index (χ0) is 10.6. The molecule has 0 radical (unpaired) electrons. The fraction of sp³-hybridized carbons (Fsp3) is 0.200. The molecule has 1 N–H and O–H groups in total. The fourth-order valence-corrected chi connectivity index (χ4v) is 1.08. The number of nitrogens with zero attached hydrogens (tertiary/aromatic N) is 1. The number of hydrogen-bond acceptors (Lipinski definition) is 2. The summed E-state index contributed by atoms with van der Waals surface area (Å²) >= 11 is 0. The molecule has 0 spiro atoms. The fourth-order valence-electron chi connectivity index (χ4n) is 1.08. The maximum atomic E-state index is 13.1. The van der Waals surface area contributed by atoms with Gasteiger partial charge >= 0.3 is 5.97 Å². The van der Waals surface area contributed by atoms with Crippen LogP contribution in [0.3, 0.4) is 0 Å². The molecule has 1 rings (SSSR count). The van der Waals surface area contributed by atoms with Crippen molar-refractivity contribution in [3.8, 4) is 6.07 Å². The van der Waals surface area contributed by atoms with Gasteiger partial charge in [0.25, 0.3) is 0 Å². The Bertz CT molecular complexity index is 396. The molecule has 0 aliphatic carbocycles. The lowest BCUT2D eigenvalue weighted by Crippen LogP contribution is -1.99. The Balaban J connectivity index is 2.85. The monoisotopic (exact) mass is 193 g/mol. The topological polar surface area (TPSA) is 61.1 Å². The van der Waals surface area contributed by atoms with Crippen LogP contribution >= 0.6 is 0 Å². The van der Waals surface area contributed by atoms with E-state index >= 15 is 0 Å². The third kappa shape index (κ3) is 2.56. The van der Waals surface area contributed by atoms with Crippen molar-refractivity contribution in [2.45, 2.75) is 12.8 Å². The van der Waals surface area contributed by atoms with Crippen LogP contribution in [0.5, 0.6) is 0 Å². The summed E-state index contributed by atoms with van der Waals surface area (Å²) in [5.41, 5.74) is 0.609. The minimum absolute atomic E-state index is 0.108. The van der Waals surface area contributed by atoms with Crippen molar-refractivity contribution in [2.24, 2.45) is 0 Å². The highest BCUT2D eigenvalue weighted by molar-refractivity contribution is 5.67. The van der Waals surface area contributed by atoms with E-state index in [9.17, 15) is 9.18 Å². The number of nitriles is 1. The van der Waals surface area contributed by atoms with Gasteiger partial charge in [-0.15, -0.1) is 0 Å². The Morgan fingerprint density at radius 3 is 2.86 bits per heavy atom. The van der Waals surface area contributed by atoms with Gasteiger partial charge in [0.1, 0.15) is 5.82 Å². The normalized spacial score (nSPS) is 9.43. The third-order valence-corrected chi connectivity index (χ3v) is 1.78. The quantitative estimate of drug-likeness (QED) is 0.794. The van der Waals surface area contributed by atoms with Gasteiger partial charge in [0.15, 0.2) is 0 Å². The van der Waals surface area contributed by atoms with Crippen molar-refractivity contribution < 1.29 is 14.3 Å². The zero-order valence-electron chi connectivity index (χ0n) is 7.33. The van der Waals surface area contributed by atoms with E-state index in [-0.39, 0.29) is 18.4 Å². The van der Waals surface area contributed by atoms with Gasteiger partial charge in [-0.3, -0.25) is 4.79 Å². The Labute approximate surface area is 80.4 Å². The number of carboxylic acids is 1. The molecule has 0 unspecified atom stereocenters. The van der Waals surface area contributed by atoms with Gasteiger partial charge in [0, 0.05) is 6.42 Å². The summed E-state index contributed by atoms with van der Waals surface area (Å²) in [5.74, 6) is -1.45. The van der Waals surface area contributed by atoms with Crippen LogP contribution in [0.2, 0.25) is 0 Å². The average Bonchev–Trinajstić information content (AvgIpc) is 2.16. The largest absolute Gasteiger partial charge is 0.481 e. The Hall–Kier alpha value is -1.89. The van der Waals surface area contributed by atoms with E-state index in [1.165, 1.54) is 18.2 Å². The molecule has 0 atom stereocenters.